The van der Waals surface area contributed by atoms with Crippen molar-refractivity contribution in [1.82, 2.24) is 4.98 Å². The average molecular weight is 301 g/mol. The SMILES string of the molecule is CC.CCc1cc(CP)nc2ccc(C(F)(F)F)cc12. The highest BCUT2D eigenvalue weighted by molar-refractivity contribution is 7.15. The molecule has 0 amide bonds. The average Bonchev–Trinajstić information content (AvgIpc) is 2.46. The van der Waals surface area contributed by atoms with Crippen molar-refractivity contribution in [2.75, 3.05) is 0 Å². The Bertz CT molecular complexity index is 579. The Balaban J connectivity index is 0.000000956. The number of rotatable bonds is 2. The molecule has 1 atom stereocenters. The predicted octanol–water partition coefficient (Wildman–Crippen LogP) is 5.22. The van der Waals surface area contributed by atoms with Crippen LogP contribution in [0.25, 0.3) is 10.9 Å². The molecule has 2 rings (SSSR count). The first-order valence-electron chi connectivity index (χ1n) is 6.65. The second-order valence-corrected chi connectivity index (χ2v) is 4.47. The summed E-state index contributed by atoms with van der Waals surface area (Å²) < 4.78 is 38.0. The van der Waals surface area contributed by atoms with E-state index in [-0.39, 0.29) is 0 Å². The van der Waals surface area contributed by atoms with Gasteiger partial charge < -0.3 is 0 Å². The van der Waals surface area contributed by atoms with Gasteiger partial charge in [0.2, 0.25) is 0 Å². The Hall–Kier alpha value is -1.15. The van der Waals surface area contributed by atoms with Crippen LogP contribution in [0.2, 0.25) is 0 Å². The number of hydrogen-bond acceptors (Lipinski definition) is 1. The van der Waals surface area contributed by atoms with E-state index in [0.29, 0.717) is 23.5 Å². The van der Waals surface area contributed by atoms with Gasteiger partial charge in [0.15, 0.2) is 0 Å². The number of benzene rings is 1. The Morgan fingerprint density at radius 2 is 1.80 bits per heavy atom. The van der Waals surface area contributed by atoms with Gasteiger partial charge in [0.05, 0.1) is 11.1 Å². The summed E-state index contributed by atoms with van der Waals surface area (Å²) in [7, 11) is 2.57. The lowest BCUT2D eigenvalue weighted by molar-refractivity contribution is -0.137. The van der Waals surface area contributed by atoms with Crippen molar-refractivity contribution in [3.63, 3.8) is 0 Å². The molecule has 0 aliphatic heterocycles. The van der Waals surface area contributed by atoms with Gasteiger partial charge >= 0.3 is 6.18 Å². The van der Waals surface area contributed by atoms with E-state index in [4.69, 9.17) is 0 Å². The molecule has 0 fully saturated rings. The fourth-order valence-electron chi connectivity index (χ4n) is 1.93. The molecule has 0 bridgehead atoms. The van der Waals surface area contributed by atoms with Crippen molar-refractivity contribution in [1.29, 1.82) is 0 Å². The standard InChI is InChI=1S/C13H13F3NP.C2H6/c1-2-8-5-10(7-18)17-12-4-3-9(6-11(8)12)13(14,15)16;1-2/h3-6H,2,7,18H2,1H3;1-2H3. The summed E-state index contributed by atoms with van der Waals surface area (Å²) in [6, 6.07) is 5.59. The van der Waals surface area contributed by atoms with Crippen LogP contribution < -0.4 is 0 Å². The number of nitrogens with zero attached hydrogens (tertiary/aromatic N) is 1. The molecule has 1 aromatic carbocycles. The smallest absolute Gasteiger partial charge is 0.252 e. The molecule has 1 nitrogen and oxygen atoms in total. The molecule has 1 unspecified atom stereocenters. The van der Waals surface area contributed by atoms with Crippen LogP contribution in [0.15, 0.2) is 24.3 Å². The van der Waals surface area contributed by atoms with Gasteiger partial charge in [-0.1, -0.05) is 20.8 Å². The molecule has 0 aliphatic carbocycles. The van der Waals surface area contributed by atoms with Crippen molar-refractivity contribution < 1.29 is 13.2 Å². The number of aromatic nitrogens is 1. The van der Waals surface area contributed by atoms with Gasteiger partial charge in [-0.15, -0.1) is 9.24 Å². The lowest BCUT2D eigenvalue weighted by atomic mass is 10.0. The molecule has 0 aliphatic rings. The molecule has 110 valence electrons. The third-order valence-electron chi connectivity index (χ3n) is 2.86. The van der Waals surface area contributed by atoms with E-state index in [2.05, 4.69) is 14.2 Å². The van der Waals surface area contributed by atoms with Crippen molar-refractivity contribution in [2.45, 2.75) is 39.5 Å². The van der Waals surface area contributed by atoms with Crippen LogP contribution in [0.3, 0.4) is 0 Å². The second-order valence-electron chi connectivity index (χ2n) is 4.06. The Morgan fingerprint density at radius 3 is 2.30 bits per heavy atom. The fourth-order valence-corrected chi connectivity index (χ4v) is 2.14. The largest absolute Gasteiger partial charge is 0.416 e. The first-order chi connectivity index (χ1) is 9.45. The molecule has 0 saturated carbocycles. The predicted molar refractivity (Wildman–Crippen MR) is 80.9 cm³/mol. The number of pyridine rings is 1. The lowest BCUT2D eigenvalue weighted by Gasteiger charge is -2.11. The van der Waals surface area contributed by atoms with E-state index in [1.54, 1.807) is 0 Å². The first-order valence-corrected chi connectivity index (χ1v) is 7.47. The molecule has 20 heavy (non-hydrogen) atoms. The minimum Gasteiger partial charge on any atom is -0.252 e. The van der Waals surface area contributed by atoms with Crippen molar-refractivity contribution in [2.24, 2.45) is 0 Å². The van der Waals surface area contributed by atoms with Gasteiger partial charge in [-0.05, 0) is 36.2 Å². The van der Waals surface area contributed by atoms with Crippen LogP contribution in [0.4, 0.5) is 13.2 Å². The van der Waals surface area contributed by atoms with E-state index in [1.165, 1.54) is 12.1 Å². The first kappa shape index (κ1) is 16.9. The number of aryl methyl sites for hydroxylation is 1. The molecule has 0 spiro atoms. The summed E-state index contributed by atoms with van der Waals surface area (Å²) in [5, 5.41) is 0.592. The van der Waals surface area contributed by atoms with Gasteiger partial charge in [-0.3, -0.25) is 4.98 Å². The molecular formula is C15H19F3NP. The molecule has 5 heteroatoms. The molecule has 2 aromatic rings. The van der Waals surface area contributed by atoms with E-state index < -0.39 is 11.7 Å². The third-order valence-corrected chi connectivity index (χ3v) is 3.28. The summed E-state index contributed by atoms with van der Waals surface area (Å²) in [5.41, 5.74) is 1.79. The summed E-state index contributed by atoms with van der Waals surface area (Å²) in [6.45, 7) is 5.93. The van der Waals surface area contributed by atoms with E-state index >= 15 is 0 Å². The van der Waals surface area contributed by atoms with E-state index in [0.717, 1.165) is 17.3 Å². The van der Waals surface area contributed by atoms with Crippen molar-refractivity contribution in [3.05, 3.63) is 41.1 Å². The molecule has 0 saturated heterocycles. The molecule has 0 radical (unpaired) electrons. The van der Waals surface area contributed by atoms with Crippen LogP contribution >= 0.6 is 9.24 Å². The highest BCUT2D eigenvalue weighted by Gasteiger charge is 2.30. The highest BCUT2D eigenvalue weighted by atomic mass is 31.0. The van der Waals surface area contributed by atoms with Gasteiger partial charge in [0, 0.05) is 17.2 Å². The topological polar surface area (TPSA) is 12.9 Å². The number of hydrogen-bond donors (Lipinski definition) is 0. The second kappa shape index (κ2) is 7.03. The summed E-state index contributed by atoms with van der Waals surface area (Å²) in [4.78, 5) is 4.34. The van der Waals surface area contributed by atoms with Crippen LogP contribution in [0.5, 0.6) is 0 Å². The molecular weight excluding hydrogens is 282 g/mol. The molecule has 1 aromatic heterocycles. The van der Waals surface area contributed by atoms with Crippen molar-refractivity contribution >= 4 is 20.1 Å². The zero-order valence-corrected chi connectivity index (χ0v) is 13.0. The summed E-state index contributed by atoms with van der Waals surface area (Å²) >= 11 is 0. The summed E-state index contributed by atoms with van der Waals surface area (Å²) in [6.07, 6.45) is -2.92. The number of alkyl halides is 3. The zero-order chi connectivity index (χ0) is 15.3. The third kappa shape index (κ3) is 3.69. The summed E-state index contributed by atoms with van der Waals surface area (Å²) in [5.74, 6) is 0. The van der Waals surface area contributed by atoms with Gasteiger partial charge in [-0.25, -0.2) is 0 Å². The minimum absolute atomic E-state index is 0.592. The van der Waals surface area contributed by atoms with E-state index in [9.17, 15) is 13.2 Å². The van der Waals surface area contributed by atoms with Gasteiger partial charge in [0.25, 0.3) is 0 Å². The van der Waals surface area contributed by atoms with Crippen LogP contribution in [-0.2, 0) is 18.8 Å². The highest BCUT2D eigenvalue weighted by Crippen LogP contribution is 2.32. The minimum atomic E-state index is -4.31. The maximum absolute atomic E-state index is 12.7. The monoisotopic (exact) mass is 301 g/mol. The van der Waals surface area contributed by atoms with Gasteiger partial charge in [-0.2, -0.15) is 13.2 Å². The van der Waals surface area contributed by atoms with Crippen molar-refractivity contribution in [3.8, 4) is 0 Å². The van der Waals surface area contributed by atoms with Crippen LogP contribution in [-0.4, -0.2) is 4.98 Å². The zero-order valence-electron chi connectivity index (χ0n) is 11.9. The van der Waals surface area contributed by atoms with Crippen LogP contribution in [0, 0.1) is 0 Å². The Morgan fingerprint density at radius 1 is 1.15 bits per heavy atom. The maximum Gasteiger partial charge on any atom is 0.416 e. The maximum atomic E-state index is 12.7. The van der Waals surface area contributed by atoms with Gasteiger partial charge in [0.1, 0.15) is 0 Å². The Kier molecular flexibility index (Phi) is 5.94. The molecule has 1 heterocycles. The number of halogens is 3. The molecule has 0 N–H and O–H groups in total. The fraction of sp³-hybridized carbons (Fsp3) is 0.400. The van der Waals surface area contributed by atoms with Crippen LogP contribution in [0.1, 0.15) is 37.6 Å². The number of fused-ring (bicyclic) bond motifs is 1. The Labute approximate surface area is 119 Å². The normalized spacial score (nSPS) is 11.2. The van der Waals surface area contributed by atoms with E-state index in [1.807, 2.05) is 26.8 Å². The lowest BCUT2D eigenvalue weighted by Crippen LogP contribution is -2.05. The quantitative estimate of drug-likeness (QED) is 0.693.